The smallest absolute Gasteiger partial charge is 0 e. The minimum atomic E-state index is 0. The second kappa shape index (κ2) is 24.8. The first-order valence-corrected chi connectivity index (χ1v) is 5.06. The summed E-state index contributed by atoms with van der Waals surface area (Å²) in [5.41, 5.74) is 0. The van der Waals surface area contributed by atoms with Crippen LogP contribution in [-0.2, 0) is 136 Å². The van der Waals surface area contributed by atoms with Crippen LogP contribution in [0.2, 0.25) is 0 Å². The molecule has 1 fully saturated rings. The van der Waals surface area contributed by atoms with E-state index in [9.17, 15) is 4.79 Å². The fraction of sp³-hybridized carbons (Fsp3) is 0.900. The van der Waals surface area contributed by atoms with E-state index in [-0.39, 0.29) is 137 Å². The van der Waals surface area contributed by atoms with Crippen LogP contribution >= 0.6 is 0 Å². The second-order valence-electron chi connectivity index (χ2n) is 3.55. The van der Waals surface area contributed by atoms with Crippen molar-refractivity contribution in [2.45, 2.75) is 44.9 Å². The molecule has 0 saturated carbocycles. The Kier molecular flexibility index (Phi) is 47.8. The van der Waals surface area contributed by atoms with Crippen molar-refractivity contribution in [3.63, 3.8) is 0 Å². The largest absolute Gasteiger partial charge is 0.693 e. The van der Waals surface area contributed by atoms with Gasteiger partial charge < -0.3 is 15.8 Å². The molecule has 1 saturated heterocycles. The third kappa shape index (κ3) is 19.8. The Morgan fingerprint density at radius 2 is 0.941 bits per heavy atom. The molecule has 4 radical (unpaired) electrons. The van der Waals surface area contributed by atoms with Crippen molar-refractivity contribution in [3.8, 4) is 0 Å². The standard InChI is InChI=1S/C10H18NO.H2N.4Y/c12-10-11-8-6-4-2-1-3-5-7-9-11;;;;;/h1-9H2;1H2;;;;/q2*-1;;;;. The number of amides is 1. The normalized spacial score (nSPS) is 15.4. The zero-order chi connectivity index (χ0) is 8.65. The molecule has 0 atom stereocenters. The van der Waals surface area contributed by atoms with E-state index >= 15 is 0 Å². The fourth-order valence-electron chi connectivity index (χ4n) is 1.69. The summed E-state index contributed by atoms with van der Waals surface area (Å²) >= 11 is 0. The van der Waals surface area contributed by atoms with Crippen LogP contribution in [0.4, 0.5) is 0 Å². The summed E-state index contributed by atoms with van der Waals surface area (Å²) in [4.78, 5) is 12.2. The molecule has 0 aromatic carbocycles. The van der Waals surface area contributed by atoms with Gasteiger partial charge >= 0.3 is 0 Å². The molecule has 2 N–H and O–H groups in total. The summed E-state index contributed by atoms with van der Waals surface area (Å²) in [5, 5.41) is 0. The monoisotopic (exact) mass is 540 g/mol. The summed E-state index contributed by atoms with van der Waals surface area (Å²) < 4.78 is 0. The van der Waals surface area contributed by atoms with Crippen LogP contribution in [0.3, 0.4) is 0 Å². The number of hydrogen-bond acceptors (Lipinski definition) is 1. The molecule has 1 aliphatic rings. The predicted molar refractivity (Wildman–Crippen MR) is 54.9 cm³/mol. The quantitative estimate of drug-likeness (QED) is 0.473. The average molecular weight is 540 g/mol. The van der Waals surface area contributed by atoms with Crippen molar-refractivity contribution in [1.29, 1.82) is 0 Å². The first-order chi connectivity index (χ1) is 5.93. The topological polar surface area (TPSA) is 53.8 Å². The third-order valence-electron chi connectivity index (χ3n) is 2.49. The van der Waals surface area contributed by atoms with Crippen LogP contribution in [0.1, 0.15) is 44.9 Å². The van der Waals surface area contributed by atoms with E-state index in [2.05, 4.69) is 0 Å². The molecule has 7 heteroatoms. The van der Waals surface area contributed by atoms with E-state index in [0.717, 1.165) is 25.9 Å². The van der Waals surface area contributed by atoms with Gasteiger partial charge in [-0.05, 0) is 25.9 Å². The number of nitrogens with two attached hydrogens (primary N) is 1. The van der Waals surface area contributed by atoms with Crippen molar-refractivity contribution in [2.75, 3.05) is 13.1 Å². The van der Waals surface area contributed by atoms with Crippen molar-refractivity contribution >= 4 is 6.41 Å². The van der Waals surface area contributed by atoms with Gasteiger partial charge in [0.2, 0.25) is 0 Å². The molecule has 90 valence electrons. The van der Waals surface area contributed by atoms with Gasteiger partial charge in [0, 0.05) is 131 Å². The van der Waals surface area contributed by atoms with Crippen molar-refractivity contribution in [2.24, 2.45) is 0 Å². The maximum Gasteiger partial charge on any atom is 0 e. The van der Waals surface area contributed by atoms with Crippen LogP contribution < -0.4 is 0 Å². The molecule has 1 heterocycles. The SMILES string of the molecule is O=[C-]N1CCCCCCCCC1.[NH2-].[Y].[Y].[Y].[Y]. The molecule has 0 bridgehead atoms. The summed E-state index contributed by atoms with van der Waals surface area (Å²) in [7, 11) is 0. The van der Waals surface area contributed by atoms with Crippen molar-refractivity contribution in [3.05, 3.63) is 6.15 Å². The van der Waals surface area contributed by atoms with E-state index in [0.29, 0.717) is 0 Å². The Hall–Kier alpha value is 3.85. The number of hydrogen-bond donors (Lipinski definition) is 0. The van der Waals surface area contributed by atoms with Gasteiger partial charge in [0.05, 0.1) is 0 Å². The van der Waals surface area contributed by atoms with Gasteiger partial charge in [-0.3, -0.25) is 0 Å². The van der Waals surface area contributed by atoms with Crippen LogP contribution in [0.15, 0.2) is 0 Å². The molecule has 17 heavy (non-hydrogen) atoms. The Balaban J connectivity index is -0.0000000960. The number of nitrogens with zero attached hydrogens (tertiary/aromatic N) is 1. The summed E-state index contributed by atoms with van der Waals surface area (Å²) in [6, 6.07) is 0. The zero-order valence-electron chi connectivity index (χ0n) is 10.6. The van der Waals surface area contributed by atoms with Gasteiger partial charge in [-0.15, -0.1) is 0 Å². The minimum Gasteiger partial charge on any atom is -0.693 e. The number of carbonyl (C=O) groups excluding carboxylic acids is 1. The van der Waals surface area contributed by atoms with Crippen LogP contribution in [-0.4, -0.2) is 24.4 Å². The van der Waals surface area contributed by atoms with Crippen molar-refractivity contribution < 1.29 is 136 Å². The molecule has 0 aromatic heterocycles. The number of rotatable bonds is 1. The molecule has 0 aliphatic carbocycles. The van der Waals surface area contributed by atoms with Gasteiger partial charge in [-0.25, -0.2) is 0 Å². The summed E-state index contributed by atoms with van der Waals surface area (Å²) in [6.45, 7) is 1.84. The Labute approximate surface area is 207 Å². The molecule has 0 spiro atoms. The van der Waals surface area contributed by atoms with Gasteiger partial charge in [0.25, 0.3) is 0 Å². The summed E-state index contributed by atoms with van der Waals surface area (Å²) in [5.74, 6) is 0. The van der Waals surface area contributed by atoms with Crippen LogP contribution in [0.5, 0.6) is 0 Å². The maximum atomic E-state index is 10.4. The third-order valence-corrected chi connectivity index (χ3v) is 2.49. The van der Waals surface area contributed by atoms with E-state index in [1.165, 1.54) is 32.1 Å². The Morgan fingerprint density at radius 1 is 0.647 bits per heavy atom. The molecule has 0 unspecified atom stereocenters. The van der Waals surface area contributed by atoms with Gasteiger partial charge in [-0.1, -0.05) is 32.1 Å². The van der Waals surface area contributed by atoms with E-state index in [1.807, 2.05) is 6.41 Å². The molecule has 3 nitrogen and oxygen atoms in total. The fourth-order valence-corrected chi connectivity index (χ4v) is 1.69. The average Bonchev–Trinajstić information content (AvgIpc) is 2.14. The summed E-state index contributed by atoms with van der Waals surface area (Å²) in [6.07, 6.45) is 10.9. The Bertz CT molecular complexity index is 131. The van der Waals surface area contributed by atoms with Gasteiger partial charge in [-0.2, -0.15) is 6.41 Å². The van der Waals surface area contributed by atoms with E-state index < -0.39 is 0 Å². The van der Waals surface area contributed by atoms with Crippen molar-refractivity contribution in [1.82, 2.24) is 4.90 Å². The zero-order valence-corrected chi connectivity index (χ0v) is 22.0. The van der Waals surface area contributed by atoms with Gasteiger partial charge in [0.15, 0.2) is 0 Å². The molecular formula is C10H20N2OY4-2. The molecule has 0 aromatic rings. The maximum absolute atomic E-state index is 10.4. The predicted octanol–water partition coefficient (Wildman–Crippen LogP) is 2.81. The minimum absolute atomic E-state index is 0. The molecule has 1 aliphatic heterocycles. The first kappa shape index (κ1) is 32.7. The van der Waals surface area contributed by atoms with Gasteiger partial charge in [0.1, 0.15) is 0 Å². The van der Waals surface area contributed by atoms with Crippen LogP contribution in [0.25, 0.3) is 6.15 Å². The van der Waals surface area contributed by atoms with E-state index in [4.69, 9.17) is 0 Å². The van der Waals surface area contributed by atoms with E-state index in [1.54, 1.807) is 4.90 Å². The molecule has 1 amide bonds. The Morgan fingerprint density at radius 3 is 1.24 bits per heavy atom. The molecular weight excluding hydrogens is 520 g/mol. The first-order valence-electron chi connectivity index (χ1n) is 5.06. The second-order valence-corrected chi connectivity index (χ2v) is 3.55. The molecule has 1 rings (SSSR count). The van der Waals surface area contributed by atoms with Crippen LogP contribution in [0, 0.1) is 0 Å².